The summed E-state index contributed by atoms with van der Waals surface area (Å²) in [5, 5.41) is 2.00. The van der Waals surface area contributed by atoms with Crippen molar-refractivity contribution in [2.75, 3.05) is 0 Å². The standard InChI is InChI=1S/C7H12F2N2O2/c1-7(2,3-4(10)12)11-6(13)5(8)9/h5H,3H2,1-2H3,(H2,10,12)(H,11,13). The number of hydrogen-bond acceptors (Lipinski definition) is 2. The molecule has 76 valence electrons. The van der Waals surface area contributed by atoms with Crippen LogP contribution in [0.25, 0.3) is 0 Å². The molecule has 0 heterocycles. The predicted molar refractivity (Wildman–Crippen MR) is 42.0 cm³/mol. The van der Waals surface area contributed by atoms with Gasteiger partial charge in [-0.1, -0.05) is 0 Å². The van der Waals surface area contributed by atoms with Gasteiger partial charge >= 0.3 is 6.43 Å². The molecule has 0 rings (SSSR count). The van der Waals surface area contributed by atoms with E-state index in [-0.39, 0.29) is 6.42 Å². The highest BCUT2D eigenvalue weighted by atomic mass is 19.3. The van der Waals surface area contributed by atoms with Crippen molar-refractivity contribution in [3.05, 3.63) is 0 Å². The van der Waals surface area contributed by atoms with Crippen LogP contribution in [-0.2, 0) is 9.59 Å². The summed E-state index contributed by atoms with van der Waals surface area (Å²) >= 11 is 0. The third-order valence-electron chi connectivity index (χ3n) is 1.28. The van der Waals surface area contributed by atoms with E-state index in [4.69, 9.17) is 5.73 Å². The number of carbonyl (C=O) groups is 2. The van der Waals surface area contributed by atoms with E-state index < -0.39 is 23.8 Å². The summed E-state index contributed by atoms with van der Waals surface area (Å²) in [5.41, 5.74) is 3.82. The third kappa shape index (κ3) is 5.10. The van der Waals surface area contributed by atoms with Gasteiger partial charge < -0.3 is 11.1 Å². The van der Waals surface area contributed by atoms with Crippen molar-refractivity contribution in [3.8, 4) is 0 Å². The van der Waals surface area contributed by atoms with Gasteiger partial charge in [0.25, 0.3) is 5.91 Å². The van der Waals surface area contributed by atoms with Gasteiger partial charge in [-0.05, 0) is 13.8 Å². The minimum absolute atomic E-state index is 0.175. The smallest absolute Gasteiger partial charge is 0.315 e. The summed E-state index contributed by atoms with van der Waals surface area (Å²) < 4.78 is 23.5. The van der Waals surface area contributed by atoms with Crippen molar-refractivity contribution in [1.29, 1.82) is 0 Å². The molecular formula is C7H12F2N2O2. The number of amides is 2. The highest BCUT2D eigenvalue weighted by Crippen LogP contribution is 2.08. The first-order valence-electron chi connectivity index (χ1n) is 3.63. The van der Waals surface area contributed by atoms with Crippen molar-refractivity contribution < 1.29 is 18.4 Å². The average molecular weight is 194 g/mol. The number of nitrogens with one attached hydrogen (secondary N) is 1. The molecule has 0 bridgehead atoms. The van der Waals surface area contributed by atoms with Crippen LogP contribution >= 0.6 is 0 Å². The van der Waals surface area contributed by atoms with Crippen molar-refractivity contribution >= 4 is 11.8 Å². The number of alkyl halides is 2. The van der Waals surface area contributed by atoms with E-state index in [0.717, 1.165) is 0 Å². The molecule has 0 aromatic rings. The minimum atomic E-state index is -3.08. The van der Waals surface area contributed by atoms with E-state index in [1.807, 2.05) is 5.32 Å². The fourth-order valence-electron chi connectivity index (χ4n) is 0.868. The summed E-state index contributed by atoms with van der Waals surface area (Å²) in [5.74, 6) is -2.05. The van der Waals surface area contributed by atoms with Crippen LogP contribution in [0.5, 0.6) is 0 Å². The van der Waals surface area contributed by atoms with Gasteiger partial charge in [0.1, 0.15) is 0 Å². The number of primary amides is 1. The van der Waals surface area contributed by atoms with Gasteiger partial charge in [0, 0.05) is 12.0 Å². The minimum Gasteiger partial charge on any atom is -0.370 e. The highest BCUT2D eigenvalue weighted by Gasteiger charge is 2.26. The first kappa shape index (κ1) is 11.8. The molecule has 4 nitrogen and oxygen atoms in total. The molecule has 0 saturated heterocycles. The number of nitrogens with two attached hydrogens (primary N) is 1. The molecule has 0 atom stereocenters. The lowest BCUT2D eigenvalue weighted by Gasteiger charge is -2.24. The Morgan fingerprint density at radius 2 is 1.92 bits per heavy atom. The Morgan fingerprint density at radius 3 is 2.23 bits per heavy atom. The topological polar surface area (TPSA) is 72.2 Å². The summed E-state index contributed by atoms with van der Waals surface area (Å²) in [4.78, 5) is 21.0. The van der Waals surface area contributed by atoms with Crippen molar-refractivity contribution in [2.24, 2.45) is 5.73 Å². The molecule has 0 aliphatic carbocycles. The molecule has 0 aromatic carbocycles. The Hall–Kier alpha value is -1.20. The van der Waals surface area contributed by atoms with Gasteiger partial charge in [0.05, 0.1) is 0 Å². The molecule has 2 amide bonds. The van der Waals surface area contributed by atoms with E-state index in [2.05, 4.69) is 0 Å². The zero-order valence-electron chi connectivity index (χ0n) is 7.43. The van der Waals surface area contributed by atoms with Gasteiger partial charge in [-0.25, -0.2) is 0 Å². The van der Waals surface area contributed by atoms with Gasteiger partial charge in [-0.15, -0.1) is 0 Å². The Labute approximate surface area is 74.5 Å². The molecule has 0 radical (unpaired) electrons. The molecule has 0 spiro atoms. The van der Waals surface area contributed by atoms with Crippen LogP contribution in [0.3, 0.4) is 0 Å². The summed E-state index contributed by atoms with van der Waals surface area (Å²) in [7, 11) is 0. The van der Waals surface area contributed by atoms with Crippen LogP contribution in [0.2, 0.25) is 0 Å². The van der Waals surface area contributed by atoms with Crippen molar-refractivity contribution in [2.45, 2.75) is 32.2 Å². The number of rotatable bonds is 4. The van der Waals surface area contributed by atoms with Crippen LogP contribution in [0, 0.1) is 0 Å². The van der Waals surface area contributed by atoms with E-state index in [0.29, 0.717) is 0 Å². The van der Waals surface area contributed by atoms with Gasteiger partial charge in [-0.3, -0.25) is 9.59 Å². The highest BCUT2D eigenvalue weighted by molar-refractivity contribution is 5.81. The Morgan fingerprint density at radius 1 is 1.46 bits per heavy atom. The zero-order valence-corrected chi connectivity index (χ0v) is 7.43. The molecule has 0 aromatic heterocycles. The lowest BCUT2D eigenvalue weighted by atomic mass is 10.0. The van der Waals surface area contributed by atoms with Crippen LogP contribution in [-0.4, -0.2) is 23.8 Å². The quantitative estimate of drug-likeness (QED) is 0.662. The first-order valence-corrected chi connectivity index (χ1v) is 3.63. The monoisotopic (exact) mass is 194 g/mol. The molecule has 0 unspecified atom stereocenters. The SMILES string of the molecule is CC(C)(CC(N)=O)NC(=O)C(F)F. The van der Waals surface area contributed by atoms with Crippen LogP contribution in [0.15, 0.2) is 0 Å². The fraction of sp³-hybridized carbons (Fsp3) is 0.714. The number of halogens is 2. The van der Waals surface area contributed by atoms with E-state index in [1.54, 1.807) is 0 Å². The van der Waals surface area contributed by atoms with E-state index >= 15 is 0 Å². The third-order valence-corrected chi connectivity index (χ3v) is 1.28. The lowest BCUT2D eigenvalue weighted by Crippen LogP contribution is -2.48. The molecule has 0 aliphatic rings. The Kier molecular flexibility index (Phi) is 3.77. The van der Waals surface area contributed by atoms with Gasteiger partial charge in [0.15, 0.2) is 0 Å². The number of hydrogen-bond donors (Lipinski definition) is 2. The maximum absolute atomic E-state index is 11.8. The maximum Gasteiger partial charge on any atom is 0.315 e. The molecule has 6 heteroatoms. The van der Waals surface area contributed by atoms with E-state index in [9.17, 15) is 18.4 Å². The molecule has 13 heavy (non-hydrogen) atoms. The van der Waals surface area contributed by atoms with Crippen LogP contribution in [0.4, 0.5) is 8.78 Å². The molecule has 0 fully saturated rings. The summed E-state index contributed by atoms with van der Waals surface area (Å²) in [6.45, 7) is 2.88. The van der Waals surface area contributed by atoms with Gasteiger partial charge in [0.2, 0.25) is 5.91 Å². The zero-order chi connectivity index (χ0) is 10.6. The van der Waals surface area contributed by atoms with E-state index in [1.165, 1.54) is 13.8 Å². The fourth-order valence-corrected chi connectivity index (χ4v) is 0.868. The van der Waals surface area contributed by atoms with Crippen LogP contribution in [0.1, 0.15) is 20.3 Å². The normalized spacial score (nSPS) is 11.5. The number of carbonyl (C=O) groups excluding carboxylic acids is 2. The van der Waals surface area contributed by atoms with Crippen LogP contribution < -0.4 is 11.1 Å². The predicted octanol–water partition coefficient (Wildman–Crippen LogP) is 0.0217. The largest absolute Gasteiger partial charge is 0.370 e. The lowest BCUT2D eigenvalue weighted by molar-refractivity contribution is -0.133. The molecule has 3 N–H and O–H groups in total. The Bertz CT molecular complexity index is 217. The first-order chi connectivity index (χ1) is 5.74. The average Bonchev–Trinajstić information content (AvgIpc) is 1.81. The molecule has 0 aliphatic heterocycles. The second-order valence-electron chi connectivity index (χ2n) is 3.32. The van der Waals surface area contributed by atoms with Crippen molar-refractivity contribution in [3.63, 3.8) is 0 Å². The second-order valence-corrected chi connectivity index (χ2v) is 3.32. The summed E-state index contributed by atoms with van der Waals surface area (Å²) in [6.07, 6.45) is -3.25. The van der Waals surface area contributed by atoms with Crippen molar-refractivity contribution in [1.82, 2.24) is 5.32 Å². The maximum atomic E-state index is 11.8. The summed E-state index contributed by atoms with van der Waals surface area (Å²) in [6, 6.07) is 0. The van der Waals surface area contributed by atoms with Gasteiger partial charge in [-0.2, -0.15) is 8.78 Å². The molecule has 0 saturated carbocycles. The molecular weight excluding hydrogens is 182 g/mol. The Balaban J connectivity index is 4.16. The second kappa shape index (κ2) is 4.15.